The van der Waals surface area contributed by atoms with Gasteiger partial charge in [-0.1, -0.05) is 0 Å². The topological polar surface area (TPSA) is 128 Å². The van der Waals surface area contributed by atoms with E-state index in [0.717, 1.165) is 0 Å². The largest absolute Gasteiger partial charge is 0.476 e. The first kappa shape index (κ1) is 24.5. The molecule has 11 heteroatoms. The summed E-state index contributed by atoms with van der Waals surface area (Å²) in [6.45, 7) is 8.28. The molecule has 11 nitrogen and oxygen atoms in total. The van der Waals surface area contributed by atoms with Crippen LogP contribution in [0.4, 0.5) is 11.5 Å². The van der Waals surface area contributed by atoms with Crippen LogP contribution in [0.2, 0.25) is 0 Å². The van der Waals surface area contributed by atoms with Gasteiger partial charge in [0, 0.05) is 46.1 Å². The molecule has 35 heavy (non-hydrogen) atoms. The average molecular weight is 486 g/mol. The number of amides is 3. The van der Waals surface area contributed by atoms with Gasteiger partial charge in [0.15, 0.2) is 0 Å². The summed E-state index contributed by atoms with van der Waals surface area (Å²) >= 11 is 0. The zero-order valence-electron chi connectivity index (χ0n) is 20.2. The quantitative estimate of drug-likeness (QED) is 0.602. The number of aromatic nitrogens is 1. The van der Waals surface area contributed by atoms with Gasteiger partial charge in [0.2, 0.25) is 11.8 Å². The van der Waals surface area contributed by atoms with Crippen molar-refractivity contribution >= 4 is 29.2 Å². The van der Waals surface area contributed by atoms with E-state index >= 15 is 0 Å². The Labute approximate surface area is 203 Å². The van der Waals surface area contributed by atoms with E-state index in [-0.39, 0.29) is 41.5 Å². The predicted molar refractivity (Wildman–Crippen MR) is 128 cm³/mol. The fraction of sp³-hybridized carbons (Fsp3) is 0.500. The highest BCUT2D eigenvalue weighted by atomic mass is 16.5. The second-order valence-electron chi connectivity index (χ2n) is 8.63. The molecule has 0 unspecified atom stereocenters. The van der Waals surface area contributed by atoms with E-state index in [4.69, 9.17) is 9.15 Å². The van der Waals surface area contributed by atoms with Gasteiger partial charge in [0.05, 0.1) is 30.4 Å². The number of hydrogen-bond acceptors (Lipinski definition) is 8. The van der Waals surface area contributed by atoms with Crippen LogP contribution >= 0.6 is 0 Å². The molecule has 1 fully saturated rings. The van der Waals surface area contributed by atoms with Crippen molar-refractivity contribution in [2.24, 2.45) is 0 Å². The molecular formula is C24H31N5O6. The second kappa shape index (κ2) is 10.3. The first-order valence-electron chi connectivity index (χ1n) is 11.8. The molecule has 1 saturated heterocycles. The molecule has 2 aromatic rings. The molecule has 2 aliphatic heterocycles. The van der Waals surface area contributed by atoms with E-state index in [0.29, 0.717) is 63.0 Å². The Morgan fingerprint density at radius 3 is 2.63 bits per heavy atom. The van der Waals surface area contributed by atoms with E-state index in [1.54, 1.807) is 35.8 Å². The number of hydrogen-bond donors (Lipinski definition) is 2. The number of fused-ring (bicyclic) bond motifs is 1. The lowest BCUT2D eigenvalue weighted by molar-refractivity contribution is -0.129. The Morgan fingerprint density at radius 2 is 1.97 bits per heavy atom. The number of pyridine rings is 1. The molecule has 0 radical (unpaired) electrons. The molecule has 0 spiro atoms. The van der Waals surface area contributed by atoms with Crippen LogP contribution in [0.5, 0.6) is 5.88 Å². The number of aliphatic hydroxyl groups excluding tert-OH is 1. The molecule has 3 amide bonds. The summed E-state index contributed by atoms with van der Waals surface area (Å²) < 4.78 is 11.2. The minimum Gasteiger partial charge on any atom is -0.476 e. The van der Waals surface area contributed by atoms with Gasteiger partial charge in [0.25, 0.3) is 11.8 Å². The number of rotatable bonds is 7. The van der Waals surface area contributed by atoms with Crippen molar-refractivity contribution in [2.45, 2.75) is 33.2 Å². The Kier molecular flexibility index (Phi) is 7.25. The standard InChI is InChI=1S/C24H31N5O6/c1-4-34-23-18(5-6-20(26-23)28-11-9-27(10-12-28)16(3)31)25-22(32)17-14-35-19-7-8-29(15(2)13-30)24(33)21(17)19/h5-6,14-15,30H,4,7-13H2,1-3H3,(H,25,32)/t15-/m1/s1. The van der Waals surface area contributed by atoms with E-state index in [2.05, 4.69) is 15.2 Å². The van der Waals surface area contributed by atoms with Crippen LogP contribution < -0.4 is 15.0 Å². The van der Waals surface area contributed by atoms with Crippen molar-refractivity contribution in [1.29, 1.82) is 0 Å². The van der Waals surface area contributed by atoms with Gasteiger partial charge in [-0.2, -0.15) is 4.98 Å². The fourth-order valence-electron chi connectivity index (χ4n) is 4.36. The van der Waals surface area contributed by atoms with Crippen LogP contribution in [-0.2, 0) is 11.2 Å². The highest BCUT2D eigenvalue weighted by Gasteiger charge is 2.34. The number of nitrogens with zero attached hydrogens (tertiary/aromatic N) is 4. The first-order chi connectivity index (χ1) is 16.8. The van der Waals surface area contributed by atoms with Gasteiger partial charge < -0.3 is 34.3 Å². The Morgan fingerprint density at radius 1 is 1.23 bits per heavy atom. The summed E-state index contributed by atoms with van der Waals surface area (Å²) in [6.07, 6.45) is 1.76. The van der Waals surface area contributed by atoms with E-state index in [1.165, 1.54) is 6.26 Å². The Hall–Kier alpha value is -3.60. The molecule has 0 aromatic carbocycles. The number of ether oxygens (including phenoxy) is 1. The van der Waals surface area contributed by atoms with Crippen molar-refractivity contribution in [2.75, 3.05) is 56.2 Å². The Balaban J connectivity index is 1.53. The number of furan rings is 1. The lowest BCUT2D eigenvalue weighted by Crippen LogP contribution is -2.48. The second-order valence-corrected chi connectivity index (χ2v) is 8.63. The van der Waals surface area contributed by atoms with E-state index < -0.39 is 5.91 Å². The summed E-state index contributed by atoms with van der Waals surface area (Å²) in [5.41, 5.74) is 0.730. The van der Waals surface area contributed by atoms with Gasteiger partial charge in [-0.3, -0.25) is 14.4 Å². The lowest BCUT2D eigenvalue weighted by Gasteiger charge is -2.35. The summed E-state index contributed by atoms with van der Waals surface area (Å²) in [7, 11) is 0. The van der Waals surface area contributed by atoms with Crippen LogP contribution in [-0.4, -0.2) is 89.6 Å². The van der Waals surface area contributed by atoms with Gasteiger partial charge in [-0.25, -0.2) is 0 Å². The molecule has 1 atom stereocenters. The third kappa shape index (κ3) is 4.95. The van der Waals surface area contributed by atoms with Gasteiger partial charge in [0.1, 0.15) is 23.5 Å². The van der Waals surface area contributed by atoms with Crippen LogP contribution in [0.15, 0.2) is 22.8 Å². The SMILES string of the molecule is CCOc1nc(N2CCN(C(C)=O)CC2)ccc1NC(=O)c1coc2c1C(=O)N([C@H](C)CO)CC2. The maximum Gasteiger partial charge on any atom is 0.259 e. The fourth-order valence-corrected chi connectivity index (χ4v) is 4.36. The van der Waals surface area contributed by atoms with Crippen LogP contribution in [0, 0.1) is 0 Å². The van der Waals surface area contributed by atoms with Crippen LogP contribution in [0.3, 0.4) is 0 Å². The highest BCUT2D eigenvalue weighted by molar-refractivity contribution is 6.13. The van der Waals surface area contributed by atoms with Crippen molar-refractivity contribution in [3.05, 3.63) is 35.3 Å². The highest BCUT2D eigenvalue weighted by Crippen LogP contribution is 2.30. The molecule has 188 valence electrons. The normalized spacial score (nSPS) is 16.7. The zero-order chi connectivity index (χ0) is 25.1. The third-order valence-corrected chi connectivity index (χ3v) is 6.39. The maximum atomic E-state index is 13.2. The molecule has 0 bridgehead atoms. The molecule has 2 aromatic heterocycles. The molecular weight excluding hydrogens is 454 g/mol. The number of aliphatic hydroxyl groups is 1. The molecule has 0 saturated carbocycles. The van der Waals surface area contributed by atoms with Gasteiger partial charge in [-0.15, -0.1) is 0 Å². The zero-order valence-corrected chi connectivity index (χ0v) is 20.2. The maximum absolute atomic E-state index is 13.2. The molecule has 4 heterocycles. The summed E-state index contributed by atoms with van der Waals surface area (Å²) in [5, 5.41) is 12.3. The van der Waals surface area contributed by atoms with Crippen molar-refractivity contribution in [3.8, 4) is 5.88 Å². The number of nitrogens with one attached hydrogen (secondary N) is 1. The first-order valence-corrected chi connectivity index (χ1v) is 11.8. The summed E-state index contributed by atoms with van der Waals surface area (Å²) in [5.74, 6) is 0.636. The number of piperazine rings is 1. The lowest BCUT2D eigenvalue weighted by atomic mass is 10.0. The minimum atomic E-state index is -0.507. The van der Waals surface area contributed by atoms with E-state index in [1.807, 2.05) is 6.92 Å². The molecule has 2 aliphatic rings. The predicted octanol–water partition coefficient (Wildman–Crippen LogP) is 1.37. The van der Waals surface area contributed by atoms with Crippen LogP contribution in [0.1, 0.15) is 47.2 Å². The monoisotopic (exact) mass is 485 g/mol. The minimum absolute atomic E-state index is 0.0551. The van der Waals surface area contributed by atoms with Crippen LogP contribution in [0.25, 0.3) is 0 Å². The molecule has 2 N–H and O–H groups in total. The van der Waals surface area contributed by atoms with E-state index in [9.17, 15) is 19.5 Å². The van der Waals surface area contributed by atoms with Gasteiger partial charge in [-0.05, 0) is 26.0 Å². The summed E-state index contributed by atoms with van der Waals surface area (Å²) in [6, 6.07) is 3.15. The summed E-state index contributed by atoms with van der Waals surface area (Å²) in [4.78, 5) is 47.8. The van der Waals surface area contributed by atoms with Crippen molar-refractivity contribution < 1.29 is 28.6 Å². The number of anilines is 2. The number of carbonyl (C=O) groups is 3. The molecule has 0 aliphatic carbocycles. The smallest absolute Gasteiger partial charge is 0.259 e. The van der Waals surface area contributed by atoms with Gasteiger partial charge >= 0.3 is 0 Å². The van der Waals surface area contributed by atoms with Crippen molar-refractivity contribution in [3.63, 3.8) is 0 Å². The third-order valence-electron chi connectivity index (χ3n) is 6.39. The molecule has 4 rings (SSSR count). The van der Waals surface area contributed by atoms with Crippen molar-refractivity contribution in [1.82, 2.24) is 14.8 Å². The Bertz CT molecular complexity index is 1110. The average Bonchev–Trinajstić information content (AvgIpc) is 3.30. The number of carbonyl (C=O) groups excluding carboxylic acids is 3.